The van der Waals surface area contributed by atoms with Crippen molar-refractivity contribution in [3.8, 4) is 0 Å². The standard InChI is InChI=1S/C17H26BrN/c1-3-11-19-17(14-7-5-4-6-8-14)16-12-15(18)10-9-13(16)2/h9-10,12,14,17,19H,3-8,11H2,1-2H3. The smallest absolute Gasteiger partial charge is 0.0351 e. The van der Waals surface area contributed by atoms with Gasteiger partial charge in [0.2, 0.25) is 0 Å². The van der Waals surface area contributed by atoms with Gasteiger partial charge in [-0.05, 0) is 61.9 Å². The Hall–Kier alpha value is -0.340. The molecule has 1 atom stereocenters. The maximum absolute atomic E-state index is 3.80. The highest BCUT2D eigenvalue weighted by Crippen LogP contribution is 2.36. The zero-order valence-corrected chi connectivity index (χ0v) is 13.8. The average Bonchev–Trinajstić information content (AvgIpc) is 2.44. The summed E-state index contributed by atoms with van der Waals surface area (Å²) in [6.07, 6.45) is 8.20. The van der Waals surface area contributed by atoms with Crippen molar-refractivity contribution >= 4 is 15.9 Å². The van der Waals surface area contributed by atoms with Crippen LogP contribution >= 0.6 is 15.9 Å². The molecule has 0 bridgehead atoms. The van der Waals surface area contributed by atoms with Crippen LogP contribution in [0.1, 0.15) is 62.6 Å². The molecule has 1 unspecified atom stereocenters. The van der Waals surface area contributed by atoms with Crippen molar-refractivity contribution in [2.75, 3.05) is 6.54 Å². The number of rotatable bonds is 5. The average molecular weight is 324 g/mol. The molecule has 19 heavy (non-hydrogen) atoms. The third-order valence-electron chi connectivity index (χ3n) is 4.31. The van der Waals surface area contributed by atoms with Crippen molar-refractivity contribution in [2.24, 2.45) is 5.92 Å². The molecule has 0 amide bonds. The quantitative estimate of drug-likeness (QED) is 0.767. The number of nitrogens with one attached hydrogen (secondary N) is 1. The Bertz CT molecular complexity index is 396. The molecule has 0 aromatic heterocycles. The van der Waals surface area contributed by atoms with E-state index in [0.717, 1.165) is 12.5 Å². The molecule has 1 fully saturated rings. The molecule has 0 spiro atoms. The molecule has 1 aromatic carbocycles. The first kappa shape index (κ1) is 15.1. The van der Waals surface area contributed by atoms with E-state index in [9.17, 15) is 0 Å². The predicted octanol–water partition coefficient (Wildman–Crippen LogP) is 5.38. The highest BCUT2D eigenvalue weighted by Gasteiger charge is 2.25. The summed E-state index contributed by atoms with van der Waals surface area (Å²) in [5.74, 6) is 0.813. The minimum Gasteiger partial charge on any atom is -0.310 e. The second kappa shape index (κ2) is 7.44. The largest absolute Gasteiger partial charge is 0.310 e. The highest BCUT2D eigenvalue weighted by atomic mass is 79.9. The molecule has 0 saturated heterocycles. The molecular weight excluding hydrogens is 298 g/mol. The van der Waals surface area contributed by atoms with Crippen molar-refractivity contribution in [1.82, 2.24) is 5.32 Å². The van der Waals surface area contributed by atoms with Crippen LogP contribution in [-0.4, -0.2) is 6.54 Å². The van der Waals surface area contributed by atoms with Crippen LogP contribution in [0.5, 0.6) is 0 Å². The minimum absolute atomic E-state index is 0.540. The summed E-state index contributed by atoms with van der Waals surface area (Å²) in [6, 6.07) is 7.24. The van der Waals surface area contributed by atoms with Gasteiger partial charge in [-0.3, -0.25) is 0 Å². The minimum atomic E-state index is 0.540. The van der Waals surface area contributed by atoms with E-state index in [2.05, 4.69) is 53.3 Å². The summed E-state index contributed by atoms with van der Waals surface area (Å²) in [7, 11) is 0. The van der Waals surface area contributed by atoms with Gasteiger partial charge in [0.1, 0.15) is 0 Å². The zero-order chi connectivity index (χ0) is 13.7. The summed E-state index contributed by atoms with van der Waals surface area (Å²) in [5.41, 5.74) is 2.91. The first-order valence-electron chi connectivity index (χ1n) is 7.71. The molecule has 2 heteroatoms. The molecule has 1 aliphatic carbocycles. The van der Waals surface area contributed by atoms with E-state index in [0.29, 0.717) is 6.04 Å². The van der Waals surface area contributed by atoms with Gasteiger partial charge in [0.25, 0.3) is 0 Å². The van der Waals surface area contributed by atoms with Gasteiger partial charge in [0, 0.05) is 10.5 Å². The Balaban J connectivity index is 2.22. The molecule has 1 saturated carbocycles. The molecule has 1 aliphatic rings. The first-order valence-corrected chi connectivity index (χ1v) is 8.51. The molecule has 1 nitrogen and oxygen atoms in total. The number of benzene rings is 1. The fourth-order valence-corrected chi connectivity index (χ4v) is 3.62. The summed E-state index contributed by atoms with van der Waals surface area (Å²) in [5, 5.41) is 3.80. The number of hydrogen-bond donors (Lipinski definition) is 1. The van der Waals surface area contributed by atoms with Crippen LogP contribution in [0.3, 0.4) is 0 Å². The second-order valence-electron chi connectivity index (χ2n) is 5.83. The maximum atomic E-state index is 3.80. The van der Waals surface area contributed by atoms with E-state index in [4.69, 9.17) is 0 Å². The van der Waals surface area contributed by atoms with Gasteiger partial charge < -0.3 is 5.32 Å². The number of halogens is 1. The van der Waals surface area contributed by atoms with Crippen molar-refractivity contribution in [1.29, 1.82) is 0 Å². The Labute approximate surface area is 126 Å². The molecule has 0 heterocycles. The van der Waals surface area contributed by atoms with Gasteiger partial charge in [-0.2, -0.15) is 0 Å². The van der Waals surface area contributed by atoms with E-state index >= 15 is 0 Å². The lowest BCUT2D eigenvalue weighted by Crippen LogP contribution is -2.31. The van der Waals surface area contributed by atoms with Crippen LogP contribution < -0.4 is 5.32 Å². The zero-order valence-electron chi connectivity index (χ0n) is 12.2. The van der Waals surface area contributed by atoms with Crippen LogP contribution in [-0.2, 0) is 0 Å². The molecular formula is C17H26BrN. The third-order valence-corrected chi connectivity index (χ3v) is 4.81. The molecule has 0 aliphatic heterocycles. The topological polar surface area (TPSA) is 12.0 Å². The van der Waals surface area contributed by atoms with E-state index in [1.807, 2.05) is 0 Å². The van der Waals surface area contributed by atoms with Crippen LogP contribution in [0.25, 0.3) is 0 Å². The third kappa shape index (κ3) is 4.06. The second-order valence-corrected chi connectivity index (χ2v) is 6.75. The van der Waals surface area contributed by atoms with Crippen LogP contribution in [0.2, 0.25) is 0 Å². The van der Waals surface area contributed by atoms with Gasteiger partial charge in [0.15, 0.2) is 0 Å². The van der Waals surface area contributed by atoms with E-state index in [1.165, 1.54) is 54.1 Å². The predicted molar refractivity (Wildman–Crippen MR) is 86.5 cm³/mol. The van der Waals surface area contributed by atoms with Gasteiger partial charge in [-0.15, -0.1) is 0 Å². The lowest BCUT2D eigenvalue weighted by Gasteiger charge is -2.32. The molecule has 2 rings (SSSR count). The van der Waals surface area contributed by atoms with Gasteiger partial charge >= 0.3 is 0 Å². The summed E-state index contributed by atoms with van der Waals surface area (Å²) < 4.78 is 1.20. The fraction of sp³-hybridized carbons (Fsp3) is 0.647. The van der Waals surface area contributed by atoms with E-state index in [-0.39, 0.29) is 0 Å². The van der Waals surface area contributed by atoms with Crippen LogP contribution in [0, 0.1) is 12.8 Å². The van der Waals surface area contributed by atoms with Crippen LogP contribution in [0.15, 0.2) is 22.7 Å². The Kier molecular flexibility index (Phi) is 5.90. The van der Waals surface area contributed by atoms with Crippen molar-refractivity contribution < 1.29 is 0 Å². The Morgan fingerprint density at radius 1 is 1.26 bits per heavy atom. The monoisotopic (exact) mass is 323 g/mol. The van der Waals surface area contributed by atoms with E-state index in [1.54, 1.807) is 0 Å². The molecule has 1 aromatic rings. The van der Waals surface area contributed by atoms with Gasteiger partial charge in [-0.1, -0.05) is 48.2 Å². The van der Waals surface area contributed by atoms with Gasteiger partial charge in [-0.25, -0.2) is 0 Å². The van der Waals surface area contributed by atoms with Crippen molar-refractivity contribution in [3.05, 3.63) is 33.8 Å². The Morgan fingerprint density at radius 3 is 2.68 bits per heavy atom. The summed E-state index contributed by atoms with van der Waals surface area (Å²) in [6.45, 7) is 5.61. The Morgan fingerprint density at radius 2 is 2.00 bits per heavy atom. The summed E-state index contributed by atoms with van der Waals surface area (Å²) >= 11 is 3.63. The molecule has 106 valence electrons. The lowest BCUT2D eigenvalue weighted by molar-refractivity contribution is 0.271. The normalized spacial score (nSPS) is 18.5. The highest BCUT2D eigenvalue weighted by molar-refractivity contribution is 9.10. The van der Waals surface area contributed by atoms with Crippen molar-refractivity contribution in [3.63, 3.8) is 0 Å². The lowest BCUT2D eigenvalue weighted by atomic mass is 9.80. The number of aryl methyl sites for hydroxylation is 1. The molecule has 0 radical (unpaired) electrons. The van der Waals surface area contributed by atoms with E-state index < -0.39 is 0 Å². The SMILES string of the molecule is CCCNC(c1cc(Br)ccc1C)C1CCCCC1. The van der Waals surface area contributed by atoms with Crippen molar-refractivity contribution in [2.45, 2.75) is 58.4 Å². The first-order chi connectivity index (χ1) is 9.22. The van der Waals surface area contributed by atoms with Gasteiger partial charge in [0.05, 0.1) is 0 Å². The maximum Gasteiger partial charge on any atom is 0.0351 e. The molecule has 1 N–H and O–H groups in total. The number of hydrogen-bond acceptors (Lipinski definition) is 1. The van der Waals surface area contributed by atoms with Crippen LogP contribution in [0.4, 0.5) is 0 Å². The fourth-order valence-electron chi connectivity index (χ4n) is 3.24. The summed E-state index contributed by atoms with van der Waals surface area (Å²) in [4.78, 5) is 0.